The van der Waals surface area contributed by atoms with Crippen LogP contribution < -0.4 is 5.32 Å². The van der Waals surface area contributed by atoms with Crippen molar-refractivity contribution in [3.8, 4) is 0 Å². The van der Waals surface area contributed by atoms with Crippen molar-refractivity contribution in [1.29, 1.82) is 0 Å². The highest BCUT2D eigenvalue weighted by molar-refractivity contribution is 7.08. The van der Waals surface area contributed by atoms with Crippen molar-refractivity contribution < 1.29 is 4.79 Å². The summed E-state index contributed by atoms with van der Waals surface area (Å²) < 4.78 is 1.87. The number of carbonyl (C=O) groups excluding carboxylic acids is 1. The maximum Gasteiger partial charge on any atom is 0.252 e. The summed E-state index contributed by atoms with van der Waals surface area (Å²) >= 11 is 1.50. The van der Waals surface area contributed by atoms with E-state index in [9.17, 15) is 4.79 Å². The fourth-order valence-corrected chi connectivity index (χ4v) is 2.53. The van der Waals surface area contributed by atoms with E-state index in [0.717, 1.165) is 11.5 Å². The Balaban J connectivity index is 1.84. The molecule has 0 fully saturated rings. The van der Waals surface area contributed by atoms with Crippen LogP contribution in [0.1, 0.15) is 29.1 Å². The van der Waals surface area contributed by atoms with E-state index in [-0.39, 0.29) is 11.9 Å². The molecule has 5 nitrogen and oxygen atoms in total. The Morgan fingerprint density at radius 1 is 1.37 bits per heavy atom. The third-order valence-corrected chi connectivity index (χ3v) is 3.54. The smallest absolute Gasteiger partial charge is 0.252 e. The molecule has 0 saturated heterocycles. The van der Waals surface area contributed by atoms with Crippen LogP contribution in [-0.4, -0.2) is 20.5 Å². The van der Waals surface area contributed by atoms with Crippen molar-refractivity contribution in [3.63, 3.8) is 0 Å². The summed E-state index contributed by atoms with van der Waals surface area (Å²) in [5.74, 6) is 0.626. The lowest BCUT2D eigenvalue weighted by molar-refractivity contribution is 0.0938. The third-order valence-electron chi connectivity index (χ3n) is 2.86. The van der Waals surface area contributed by atoms with Gasteiger partial charge in [-0.05, 0) is 30.5 Å². The van der Waals surface area contributed by atoms with E-state index in [1.807, 2.05) is 46.5 Å². The van der Waals surface area contributed by atoms with Crippen molar-refractivity contribution in [1.82, 2.24) is 19.9 Å². The molecule has 1 amide bonds. The largest absolute Gasteiger partial charge is 0.342 e. The average Bonchev–Trinajstić information content (AvgIpc) is 3.08. The van der Waals surface area contributed by atoms with Gasteiger partial charge < -0.3 is 5.32 Å². The predicted octanol–water partition coefficient (Wildman–Crippen LogP) is 2.28. The molecular weight excluding hydrogens is 260 g/mol. The van der Waals surface area contributed by atoms with Crippen LogP contribution in [0, 0.1) is 0 Å². The Bertz CT molecular complexity index is 704. The first-order chi connectivity index (χ1) is 9.25. The number of fused-ring (bicyclic) bond motifs is 1. The van der Waals surface area contributed by atoms with Crippen LogP contribution in [0.5, 0.6) is 0 Å². The van der Waals surface area contributed by atoms with Crippen molar-refractivity contribution in [2.45, 2.75) is 13.0 Å². The number of amides is 1. The first kappa shape index (κ1) is 11.9. The van der Waals surface area contributed by atoms with Gasteiger partial charge in [-0.2, -0.15) is 11.3 Å². The second kappa shape index (κ2) is 4.81. The molecule has 1 unspecified atom stereocenters. The van der Waals surface area contributed by atoms with E-state index in [1.54, 1.807) is 6.07 Å². The minimum atomic E-state index is -0.204. The standard InChI is InChI=1S/C13H12N4OS/c1-9(14-13(18)10-5-7-19-8-10)12-16-15-11-4-2-3-6-17(11)12/h2-9H,1H3,(H,14,18). The fourth-order valence-electron chi connectivity index (χ4n) is 1.89. The highest BCUT2D eigenvalue weighted by Crippen LogP contribution is 2.13. The molecule has 96 valence electrons. The molecule has 0 saturated carbocycles. The van der Waals surface area contributed by atoms with Crippen molar-refractivity contribution in [2.75, 3.05) is 0 Å². The number of carbonyl (C=O) groups is 1. The number of thiophene rings is 1. The van der Waals surface area contributed by atoms with E-state index in [4.69, 9.17) is 0 Å². The Morgan fingerprint density at radius 3 is 3.05 bits per heavy atom. The van der Waals surface area contributed by atoms with Crippen LogP contribution >= 0.6 is 11.3 Å². The molecule has 3 aromatic rings. The number of nitrogens with zero attached hydrogens (tertiary/aromatic N) is 3. The molecule has 19 heavy (non-hydrogen) atoms. The first-order valence-electron chi connectivity index (χ1n) is 5.88. The van der Waals surface area contributed by atoms with Gasteiger partial charge in [-0.25, -0.2) is 0 Å². The van der Waals surface area contributed by atoms with Crippen molar-refractivity contribution in [3.05, 3.63) is 52.6 Å². The van der Waals surface area contributed by atoms with Gasteiger partial charge >= 0.3 is 0 Å². The molecule has 0 bridgehead atoms. The lowest BCUT2D eigenvalue weighted by Crippen LogP contribution is -2.27. The van der Waals surface area contributed by atoms with Gasteiger partial charge in [0.15, 0.2) is 11.5 Å². The lowest BCUT2D eigenvalue weighted by Gasteiger charge is -2.11. The molecule has 3 rings (SSSR count). The maximum atomic E-state index is 12.0. The predicted molar refractivity (Wildman–Crippen MR) is 73.2 cm³/mol. The van der Waals surface area contributed by atoms with Gasteiger partial charge in [0.05, 0.1) is 11.6 Å². The number of rotatable bonds is 3. The summed E-state index contributed by atoms with van der Waals surface area (Å²) in [6.45, 7) is 1.90. The van der Waals surface area contributed by atoms with Crippen molar-refractivity contribution in [2.24, 2.45) is 0 Å². The first-order valence-corrected chi connectivity index (χ1v) is 6.83. The number of pyridine rings is 1. The Hall–Kier alpha value is -2.21. The monoisotopic (exact) mass is 272 g/mol. The minimum Gasteiger partial charge on any atom is -0.342 e. The average molecular weight is 272 g/mol. The summed E-state index contributed by atoms with van der Waals surface area (Å²) in [5.41, 5.74) is 1.44. The molecule has 0 radical (unpaired) electrons. The number of hydrogen-bond acceptors (Lipinski definition) is 4. The molecule has 0 aliphatic heterocycles. The molecular formula is C13H12N4OS. The van der Waals surface area contributed by atoms with E-state index in [1.165, 1.54) is 11.3 Å². The molecule has 0 aliphatic rings. The Kier molecular flexibility index (Phi) is 3.00. The molecule has 6 heteroatoms. The van der Waals surface area contributed by atoms with Gasteiger partial charge in [0.1, 0.15) is 0 Å². The molecule has 0 aliphatic carbocycles. The van der Waals surface area contributed by atoms with Crippen LogP contribution in [0.3, 0.4) is 0 Å². The van der Waals surface area contributed by atoms with Gasteiger partial charge in [-0.3, -0.25) is 9.20 Å². The topological polar surface area (TPSA) is 59.3 Å². The van der Waals surface area contributed by atoms with E-state index in [2.05, 4.69) is 15.5 Å². The molecule has 1 atom stereocenters. The quantitative estimate of drug-likeness (QED) is 0.795. The summed E-state index contributed by atoms with van der Waals surface area (Å²) in [4.78, 5) is 12.0. The fraction of sp³-hybridized carbons (Fsp3) is 0.154. The zero-order valence-electron chi connectivity index (χ0n) is 10.3. The van der Waals surface area contributed by atoms with Gasteiger partial charge in [-0.1, -0.05) is 6.07 Å². The van der Waals surface area contributed by atoms with Gasteiger partial charge in [0.2, 0.25) is 0 Å². The Labute approximate surface area is 113 Å². The van der Waals surface area contributed by atoms with Crippen LogP contribution in [-0.2, 0) is 0 Å². The molecule has 1 N–H and O–H groups in total. The SMILES string of the molecule is CC(NC(=O)c1ccsc1)c1nnc2ccccn12. The molecule has 0 aromatic carbocycles. The number of hydrogen-bond donors (Lipinski definition) is 1. The van der Waals surface area contributed by atoms with E-state index >= 15 is 0 Å². The van der Waals surface area contributed by atoms with E-state index < -0.39 is 0 Å². The van der Waals surface area contributed by atoms with Gasteiger partial charge in [-0.15, -0.1) is 10.2 Å². The zero-order chi connectivity index (χ0) is 13.2. The third kappa shape index (κ3) is 2.22. The number of aromatic nitrogens is 3. The summed E-state index contributed by atoms with van der Waals surface area (Å²) in [7, 11) is 0. The summed E-state index contributed by atoms with van der Waals surface area (Å²) in [6, 6.07) is 7.29. The van der Waals surface area contributed by atoms with Gasteiger partial charge in [0, 0.05) is 11.6 Å². The summed E-state index contributed by atoms with van der Waals surface area (Å²) in [6.07, 6.45) is 1.89. The van der Waals surface area contributed by atoms with Crippen molar-refractivity contribution >= 4 is 22.9 Å². The van der Waals surface area contributed by atoms with Crippen LogP contribution in [0.2, 0.25) is 0 Å². The highest BCUT2D eigenvalue weighted by Gasteiger charge is 2.16. The second-order valence-corrected chi connectivity index (χ2v) is 4.97. The number of nitrogens with one attached hydrogen (secondary N) is 1. The molecule has 3 aromatic heterocycles. The summed E-state index contributed by atoms with van der Waals surface area (Å²) in [5, 5.41) is 14.8. The van der Waals surface area contributed by atoms with Crippen LogP contribution in [0.25, 0.3) is 5.65 Å². The van der Waals surface area contributed by atoms with Gasteiger partial charge in [0.25, 0.3) is 5.91 Å². The highest BCUT2D eigenvalue weighted by atomic mass is 32.1. The van der Waals surface area contributed by atoms with Crippen LogP contribution in [0.15, 0.2) is 41.2 Å². The lowest BCUT2D eigenvalue weighted by atomic mass is 10.2. The maximum absolute atomic E-state index is 12.0. The normalized spacial score (nSPS) is 12.5. The second-order valence-electron chi connectivity index (χ2n) is 4.19. The molecule has 3 heterocycles. The zero-order valence-corrected chi connectivity index (χ0v) is 11.1. The van der Waals surface area contributed by atoms with E-state index in [0.29, 0.717) is 5.56 Å². The Morgan fingerprint density at radius 2 is 2.26 bits per heavy atom. The van der Waals surface area contributed by atoms with Crippen LogP contribution in [0.4, 0.5) is 0 Å². The minimum absolute atomic E-state index is 0.0959. The molecule has 0 spiro atoms.